The van der Waals surface area contributed by atoms with Crippen LogP contribution in [0.3, 0.4) is 0 Å². The summed E-state index contributed by atoms with van der Waals surface area (Å²) in [5, 5.41) is 4.20. The molecule has 2 rings (SSSR count). The second kappa shape index (κ2) is 7.19. The average molecular weight is 270 g/mol. The van der Waals surface area contributed by atoms with Crippen LogP contribution in [0.1, 0.15) is 11.1 Å². The first-order valence-electron chi connectivity index (χ1n) is 6.35. The van der Waals surface area contributed by atoms with Crippen molar-refractivity contribution in [1.29, 1.82) is 0 Å². The number of hydrogen-bond acceptors (Lipinski definition) is 4. The molecule has 0 atom stereocenters. The Hall–Kier alpha value is -2.49. The van der Waals surface area contributed by atoms with Crippen molar-refractivity contribution in [1.82, 2.24) is 5.43 Å². The van der Waals surface area contributed by atoms with Crippen molar-refractivity contribution < 1.29 is 9.47 Å². The number of methoxy groups -OCH3 is 2. The van der Waals surface area contributed by atoms with Crippen LogP contribution in [-0.2, 0) is 6.54 Å². The summed E-state index contributed by atoms with van der Waals surface area (Å²) in [6.07, 6.45) is 1.76. The molecule has 0 radical (unpaired) electrons. The van der Waals surface area contributed by atoms with Gasteiger partial charge in [-0.1, -0.05) is 30.3 Å². The second-order valence-electron chi connectivity index (χ2n) is 4.18. The van der Waals surface area contributed by atoms with Crippen LogP contribution < -0.4 is 14.9 Å². The fourth-order valence-corrected chi connectivity index (χ4v) is 1.82. The minimum atomic E-state index is 0.616. The highest BCUT2D eigenvalue weighted by atomic mass is 16.5. The lowest BCUT2D eigenvalue weighted by molar-refractivity contribution is 0.408. The van der Waals surface area contributed by atoms with Gasteiger partial charge in [-0.05, 0) is 23.8 Å². The van der Waals surface area contributed by atoms with Gasteiger partial charge in [0.25, 0.3) is 0 Å². The van der Waals surface area contributed by atoms with Crippen molar-refractivity contribution in [2.45, 2.75) is 6.54 Å². The van der Waals surface area contributed by atoms with Crippen LogP contribution in [0.15, 0.2) is 53.6 Å². The normalized spacial score (nSPS) is 10.5. The molecule has 0 aliphatic heterocycles. The smallest absolute Gasteiger partial charge is 0.123 e. The number of benzene rings is 2. The number of hydrazone groups is 1. The summed E-state index contributed by atoms with van der Waals surface area (Å²) in [6.45, 7) is 0.616. The molecule has 0 heterocycles. The van der Waals surface area contributed by atoms with E-state index in [4.69, 9.17) is 9.47 Å². The quantitative estimate of drug-likeness (QED) is 0.648. The molecule has 2 aromatic rings. The molecule has 0 aliphatic carbocycles. The van der Waals surface area contributed by atoms with E-state index in [2.05, 4.69) is 10.5 Å². The summed E-state index contributed by atoms with van der Waals surface area (Å²) in [5.74, 6) is 1.68. The lowest BCUT2D eigenvalue weighted by Crippen LogP contribution is -2.06. The Labute approximate surface area is 119 Å². The topological polar surface area (TPSA) is 42.8 Å². The van der Waals surface area contributed by atoms with Crippen molar-refractivity contribution in [3.05, 3.63) is 59.7 Å². The lowest BCUT2D eigenvalue weighted by Gasteiger charge is -2.07. The number of nitrogens with one attached hydrogen (secondary N) is 1. The Morgan fingerprint density at radius 2 is 1.90 bits per heavy atom. The van der Waals surface area contributed by atoms with E-state index in [0.29, 0.717) is 6.54 Å². The van der Waals surface area contributed by atoms with Crippen molar-refractivity contribution >= 4 is 6.21 Å². The Morgan fingerprint density at radius 1 is 1.05 bits per heavy atom. The monoisotopic (exact) mass is 270 g/mol. The van der Waals surface area contributed by atoms with E-state index in [1.165, 1.54) is 0 Å². The van der Waals surface area contributed by atoms with E-state index in [0.717, 1.165) is 22.6 Å². The van der Waals surface area contributed by atoms with Gasteiger partial charge in [0.05, 0.1) is 27.0 Å². The minimum absolute atomic E-state index is 0.616. The largest absolute Gasteiger partial charge is 0.497 e. The van der Waals surface area contributed by atoms with E-state index < -0.39 is 0 Å². The summed E-state index contributed by atoms with van der Waals surface area (Å²) in [7, 11) is 3.31. The van der Waals surface area contributed by atoms with Gasteiger partial charge < -0.3 is 14.9 Å². The highest BCUT2D eigenvalue weighted by Crippen LogP contribution is 2.16. The van der Waals surface area contributed by atoms with Crippen LogP contribution in [-0.4, -0.2) is 20.4 Å². The minimum Gasteiger partial charge on any atom is -0.497 e. The van der Waals surface area contributed by atoms with Crippen LogP contribution in [0, 0.1) is 0 Å². The van der Waals surface area contributed by atoms with Crippen LogP contribution in [0.4, 0.5) is 0 Å². The predicted molar refractivity (Wildman–Crippen MR) is 80.4 cm³/mol. The van der Waals surface area contributed by atoms with Crippen LogP contribution in [0.5, 0.6) is 11.5 Å². The zero-order valence-corrected chi connectivity index (χ0v) is 11.7. The zero-order chi connectivity index (χ0) is 14.2. The first-order valence-corrected chi connectivity index (χ1v) is 6.35. The predicted octanol–water partition coefficient (Wildman–Crippen LogP) is 2.83. The third kappa shape index (κ3) is 3.75. The van der Waals surface area contributed by atoms with Crippen LogP contribution in [0.2, 0.25) is 0 Å². The van der Waals surface area contributed by atoms with Gasteiger partial charge in [0.15, 0.2) is 0 Å². The summed E-state index contributed by atoms with van der Waals surface area (Å²) in [6, 6.07) is 15.6. The number of para-hydroxylation sites is 1. The first kappa shape index (κ1) is 13.9. The highest BCUT2D eigenvalue weighted by Gasteiger charge is 1.99. The molecule has 0 saturated carbocycles. The molecule has 0 amide bonds. The molecule has 0 spiro atoms. The first-order chi connectivity index (χ1) is 9.83. The van der Waals surface area contributed by atoms with Gasteiger partial charge in [-0.25, -0.2) is 0 Å². The van der Waals surface area contributed by atoms with Gasteiger partial charge in [-0.3, -0.25) is 0 Å². The standard InChI is InChI=1S/C16H18N2O2/c1-19-15-8-5-6-13(10-15)11-17-18-12-14-7-3-4-9-16(14)20-2/h3-11,18H,12H2,1-2H3/b17-11+. The molecule has 2 aromatic carbocycles. The molecular weight excluding hydrogens is 252 g/mol. The van der Waals surface area contributed by atoms with Crippen LogP contribution in [0.25, 0.3) is 0 Å². The Kier molecular flexibility index (Phi) is 5.00. The van der Waals surface area contributed by atoms with Crippen molar-refractivity contribution in [2.24, 2.45) is 5.10 Å². The number of hydrogen-bond donors (Lipinski definition) is 1. The lowest BCUT2D eigenvalue weighted by atomic mass is 10.2. The number of ether oxygens (including phenoxy) is 2. The number of nitrogens with zero attached hydrogens (tertiary/aromatic N) is 1. The van der Waals surface area contributed by atoms with Crippen molar-refractivity contribution in [3.63, 3.8) is 0 Å². The molecule has 0 fully saturated rings. The van der Waals surface area contributed by atoms with Crippen LogP contribution >= 0.6 is 0 Å². The maximum absolute atomic E-state index is 5.28. The highest BCUT2D eigenvalue weighted by molar-refractivity contribution is 5.79. The summed E-state index contributed by atoms with van der Waals surface area (Å²) >= 11 is 0. The number of rotatable bonds is 6. The van der Waals surface area contributed by atoms with Crippen molar-refractivity contribution in [3.8, 4) is 11.5 Å². The van der Waals surface area contributed by atoms with Gasteiger partial charge in [0.1, 0.15) is 11.5 Å². The molecule has 20 heavy (non-hydrogen) atoms. The molecule has 0 aliphatic rings. The molecular formula is C16H18N2O2. The molecule has 4 nitrogen and oxygen atoms in total. The van der Waals surface area contributed by atoms with Gasteiger partial charge in [0.2, 0.25) is 0 Å². The van der Waals surface area contributed by atoms with E-state index in [1.807, 2.05) is 48.5 Å². The van der Waals surface area contributed by atoms with E-state index >= 15 is 0 Å². The Bertz CT molecular complexity index is 582. The Balaban J connectivity index is 1.93. The molecule has 4 heteroatoms. The molecule has 0 bridgehead atoms. The van der Waals surface area contributed by atoms with Gasteiger partial charge >= 0.3 is 0 Å². The third-order valence-corrected chi connectivity index (χ3v) is 2.86. The summed E-state index contributed by atoms with van der Waals surface area (Å²) in [4.78, 5) is 0. The summed E-state index contributed by atoms with van der Waals surface area (Å²) < 4.78 is 10.4. The SMILES string of the molecule is COc1cccc(/C=N/NCc2ccccc2OC)c1. The van der Waals surface area contributed by atoms with Crippen molar-refractivity contribution in [2.75, 3.05) is 14.2 Å². The molecule has 0 saturated heterocycles. The molecule has 0 aromatic heterocycles. The van der Waals surface area contributed by atoms with Gasteiger partial charge in [0, 0.05) is 5.56 Å². The van der Waals surface area contributed by atoms with E-state index in [9.17, 15) is 0 Å². The zero-order valence-electron chi connectivity index (χ0n) is 11.7. The maximum atomic E-state index is 5.28. The average Bonchev–Trinajstić information content (AvgIpc) is 2.52. The molecule has 1 N–H and O–H groups in total. The van der Waals surface area contributed by atoms with E-state index in [1.54, 1.807) is 20.4 Å². The fraction of sp³-hybridized carbons (Fsp3) is 0.188. The van der Waals surface area contributed by atoms with E-state index in [-0.39, 0.29) is 0 Å². The Morgan fingerprint density at radius 3 is 2.70 bits per heavy atom. The third-order valence-electron chi connectivity index (χ3n) is 2.86. The molecule has 104 valence electrons. The fourth-order valence-electron chi connectivity index (χ4n) is 1.82. The van der Waals surface area contributed by atoms with Gasteiger partial charge in [-0.15, -0.1) is 0 Å². The second-order valence-corrected chi connectivity index (χ2v) is 4.18. The summed E-state index contributed by atoms with van der Waals surface area (Å²) in [5.41, 5.74) is 5.06. The maximum Gasteiger partial charge on any atom is 0.123 e. The van der Waals surface area contributed by atoms with Gasteiger partial charge in [-0.2, -0.15) is 5.10 Å². The molecule has 0 unspecified atom stereocenters.